The van der Waals surface area contributed by atoms with E-state index in [-0.39, 0.29) is 11.8 Å². The number of nitrogens with zero attached hydrogens (tertiary/aromatic N) is 1. The third-order valence-corrected chi connectivity index (χ3v) is 3.58. The minimum atomic E-state index is -0.851. The number of aliphatic carboxylic acids is 1. The molecule has 1 amide bonds. The Bertz CT molecular complexity index is 497. The average Bonchev–Trinajstić information content (AvgIpc) is 3.02. The summed E-state index contributed by atoms with van der Waals surface area (Å²) in [5, 5.41) is 8.84. The van der Waals surface area contributed by atoms with Crippen LogP contribution in [0.2, 0.25) is 0 Å². The average molecular weight is 231 g/mol. The number of amides is 1. The minimum absolute atomic E-state index is 0.0256. The second kappa shape index (κ2) is 3.58. The summed E-state index contributed by atoms with van der Waals surface area (Å²) in [4.78, 5) is 24.7. The van der Waals surface area contributed by atoms with Crippen molar-refractivity contribution in [3.63, 3.8) is 0 Å². The lowest BCUT2D eigenvalue weighted by Crippen LogP contribution is -2.31. The lowest BCUT2D eigenvalue weighted by Gasteiger charge is -2.16. The van der Waals surface area contributed by atoms with Gasteiger partial charge >= 0.3 is 5.97 Å². The van der Waals surface area contributed by atoms with E-state index in [0.29, 0.717) is 13.0 Å². The number of carboxylic acids is 1. The van der Waals surface area contributed by atoms with Gasteiger partial charge < -0.3 is 10.0 Å². The molecular formula is C13H13NO3. The number of anilines is 1. The highest BCUT2D eigenvalue weighted by molar-refractivity contribution is 6.01. The van der Waals surface area contributed by atoms with Gasteiger partial charge in [0.1, 0.15) is 0 Å². The maximum Gasteiger partial charge on any atom is 0.307 e. The van der Waals surface area contributed by atoms with Gasteiger partial charge in [-0.25, -0.2) is 0 Å². The van der Waals surface area contributed by atoms with Crippen molar-refractivity contribution in [2.24, 2.45) is 11.8 Å². The third kappa shape index (κ3) is 1.60. The lowest BCUT2D eigenvalue weighted by atomic mass is 10.2. The summed E-state index contributed by atoms with van der Waals surface area (Å²) in [6.07, 6.45) is 1.36. The van der Waals surface area contributed by atoms with Crippen molar-refractivity contribution in [1.29, 1.82) is 0 Å². The molecule has 2 aliphatic rings. The summed E-state index contributed by atoms with van der Waals surface area (Å²) in [7, 11) is 0. The number of hydrogen-bond acceptors (Lipinski definition) is 2. The largest absolute Gasteiger partial charge is 0.481 e. The number of carboxylic acid groups (broad SMARTS) is 1. The van der Waals surface area contributed by atoms with Crippen LogP contribution < -0.4 is 4.90 Å². The van der Waals surface area contributed by atoms with Crippen molar-refractivity contribution in [3.8, 4) is 0 Å². The Morgan fingerprint density at radius 3 is 2.71 bits per heavy atom. The normalized spacial score (nSPS) is 25.5. The van der Waals surface area contributed by atoms with Gasteiger partial charge in [0.2, 0.25) is 5.91 Å². The van der Waals surface area contributed by atoms with Gasteiger partial charge in [0.05, 0.1) is 11.8 Å². The molecule has 0 aromatic heterocycles. The summed E-state index contributed by atoms with van der Waals surface area (Å²) >= 11 is 0. The number of para-hydroxylation sites is 1. The maximum atomic E-state index is 12.1. The van der Waals surface area contributed by atoms with Crippen molar-refractivity contribution in [2.75, 3.05) is 11.4 Å². The van der Waals surface area contributed by atoms with E-state index in [4.69, 9.17) is 5.11 Å². The van der Waals surface area contributed by atoms with Crippen LogP contribution in [0.4, 0.5) is 5.69 Å². The third-order valence-electron chi connectivity index (χ3n) is 3.58. The van der Waals surface area contributed by atoms with Crippen molar-refractivity contribution in [2.45, 2.75) is 12.8 Å². The second-order valence-electron chi connectivity index (χ2n) is 4.66. The molecule has 1 saturated carbocycles. The van der Waals surface area contributed by atoms with Gasteiger partial charge in [-0.15, -0.1) is 0 Å². The number of benzene rings is 1. The predicted octanol–water partition coefficient (Wildman–Crippen LogP) is 1.30. The molecule has 4 nitrogen and oxygen atoms in total. The van der Waals surface area contributed by atoms with Crippen LogP contribution in [0.15, 0.2) is 24.3 Å². The standard InChI is InChI=1S/C13H13NO3/c15-12(9-7-10(9)13(16)17)14-6-5-8-3-1-2-4-11(8)14/h1-4,9-10H,5-7H2,(H,16,17). The molecule has 0 radical (unpaired) electrons. The molecule has 1 aromatic rings. The highest BCUT2D eigenvalue weighted by Gasteiger charge is 2.50. The summed E-state index contributed by atoms with van der Waals surface area (Å²) in [6, 6.07) is 7.82. The van der Waals surface area contributed by atoms with Crippen LogP contribution in [-0.4, -0.2) is 23.5 Å². The zero-order chi connectivity index (χ0) is 12.0. The molecule has 1 aliphatic carbocycles. The molecule has 88 valence electrons. The smallest absolute Gasteiger partial charge is 0.307 e. The zero-order valence-corrected chi connectivity index (χ0v) is 9.30. The Labute approximate surface area is 98.9 Å². The summed E-state index contributed by atoms with van der Waals surface area (Å²) in [5.74, 6) is -1.65. The van der Waals surface area contributed by atoms with E-state index in [1.807, 2.05) is 24.3 Å². The van der Waals surface area contributed by atoms with Crippen molar-refractivity contribution in [1.82, 2.24) is 0 Å². The van der Waals surface area contributed by atoms with E-state index in [9.17, 15) is 9.59 Å². The highest BCUT2D eigenvalue weighted by Crippen LogP contribution is 2.42. The molecule has 1 aromatic carbocycles. The SMILES string of the molecule is O=C(O)C1CC1C(=O)N1CCc2ccccc21. The second-order valence-corrected chi connectivity index (χ2v) is 4.66. The van der Waals surface area contributed by atoms with E-state index >= 15 is 0 Å². The molecular weight excluding hydrogens is 218 g/mol. The molecule has 4 heteroatoms. The molecule has 1 N–H and O–H groups in total. The molecule has 0 saturated heterocycles. The Hall–Kier alpha value is -1.84. The van der Waals surface area contributed by atoms with Crippen molar-refractivity contribution < 1.29 is 14.7 Å². The first-order valence-electron chi connectivity index (χ1n) is 5.80. The Morgan fingerprint density at radius 1 is 1.24 bits per heavy atom. The van der Waals surface area contributed by atoms with Crippen molar-refractivity contribution in [3.05, 3.63) is 29.8 Å². The predicted molar refractivity (Wildman–Crippen MR) is 61.7 cm³/mol. The van der Waals surface area contributed by atoms with E-state index in [1.54, 1.807) is 4.90 Å². The quantitative estimate of drug-likeness (QED) is 0.834. The summed E-state index contributed by atoms with van der Waals surface area (Å²) < 4.78 is 0. The molecule has 3 rings (SSSR count). The first-order valence-corrected chi connectivity index (χ1v) is 5.80. The lowest BCUT2D eigenvalue weighted by molar-refractivity contribution is -0.140. The summed E-state index contributed by atoms with van der Waals surface area (Å²) in [6.45, 7) is 0.682. The first-order chi connectivity index (χ1) is 8.18. The van der Waals surface area contributed by atoms with Gasteiger partial charge in [-0.2, -0.15) is 0 Å². The van der Waals surface area contributed by atoms with Gasteiger partial charge in [0.15, 0.2) is 0 Å². The number of fused-ring (bicyclic) bond motifs is 1. The van der Waals surface area contributed by atoms with Crippen LogP contribution >= 0.6 is 0 Å². The van der Waals surface area contributed by atoms with Crippen LogP contribution in [0.5, 0.6) is 0 Å². The van der Waals surface area contributed by atoms with Crippen LogP contribution in [0.1, 0.15) is 12.0 Å². The van der Waals surface area contributed by atoms with Gasteiger partial charge in [-0.3, -0.25) is 9.59 Å². The fraction of sp³-hybridized carbons (Fsp3) is 0.385. The molecule has 2 atom stereocenters. The molecule has 1 fully saturated rings. The molecule has 0 spiro atoms. The minimum Gasteiger partial charge on any atom is -0.481 e. The monoisotopic (exact) mass is 231 g/mol. The van der Waals surface area contributed by atoms with E-state index in [0.717, 1.165) is 12.1 Å². The molecule has 2 unspecified atom stereocenters. The topological polar surface area (TPSA) is 57.6 Å². The molecule has 0 bridgehead atoms. The van der Waals surface area contributed by atoms with Crippen LogP contribution in [0.25, 0.3) is 0 Å². The Morgan fingerprint density at radius 2 is 2.00 bits per heavy atom. The van der Waals surface area contributed by atoms with Gasteiger partial charge in [0, 0.05) is 12.2 Å². The molecule has 1 heterocycles. The molecule has 1 aliphatic heterocycles. The Kier molecular flexibility index (Phi) is 2.18. The molecule has 17 heavy (non-hydrogen) atoms. The maximum absolute atomic E-state index is 12.1. The fourth-order valence-electron chi connectivity index (χ4n) is 2.51. The number of hydrogen-bond donors (Lipinski definition) is 1. The first kappa shape index (κ1) is 10.3. The van der Waals surface area contributed by atoms with Crippen LogP contribution in [-0.2, 0) is 16.0 Å². The van der Waals surface area contributed by atoms with Crippen LogP contribution in [0.3, 0.4) is 0 Å². The highest BCUT2D eigenvalue weighted by atomic mass is 16.4. The number of carbonyl (C=O) groups is 2. The fourth-order valence-corrected chi connectivity index (χ4v) is 2.51. The van der Waals surface area contributed by atoms with Gasteiger partial charge in [-0.05, 0) is 24.5 Å². The van der Waals surface area contributed by atoms with E-state index in [1.165, 1.54) is 5.56 Å². The van der Waals surface area contributed by atoms with Gasteiger partial charge in [-0.1, -0.05) is 18.2 Å². The summed E-state index contributed by atoms with van der Waals surface area (Å²) in [5.41, 5.74) is 2.13. The van der Waals surface area contributed by atoms with Crippen LogP contribution in [0, 0.1) is 11.8 Å². The number of carbonyl (C=O) groups excluding carboxylic acids is 1. The van der Waals surface area contributed by atoms with Crippen molar-refractivity contribution >= 4 is 17.6 Å². The van der Waals surface area contributed by atoms with Gasteiger partial charge in [0.25, 0.3) is 0 Å². The zero-order valence-electron chi connectivity index (χ0n) is 9.30. The van der Waals surface area contributed by atoms with E-state index in [2.05, 4.69) is 0 Å². The van der Waals surface area contributed by atoms with E-state index < -0.39 is 11.9 Å². The Balaban J connectivity index is 1.79. The number of rotatable bonds is 2.